The van der Waals surface area contributed by atoms with Crippen LogP contribution in [0.15, 0.2) is 12.2 Å². The molecule has 0 saturated heterocycles. The van der Waals surface area contributed by atoms with Crippen molar-refractivity contribution >= 4 is 5.97 Å². The molecule has 0 atom stereocenters. The Morgan fingerprint density at radius 3 is 0.791 bits per heavy atom. The van der Waals surface area contributed by atoms with Gasteiger partial charge < -0.3 is 4.74 Å². The molecular formula is C41H74O2. The van der Waals surface area contributed by atoms with Crippen LogP contribution in [0, 0.1) is 17.8 Å². The summed E-state index contributed by atoms with van der Waals surface area (Å²) in [4.78, 5) is 13.9. The number of hydrogen-bond donors (Lipinski definition) is 0. The normalized spacial score (nSPS) is 24.5. The minimum Gasteiger partial charge on any atom is -0.455 e. The van der Waals surface area contributed by atoms with Gasteiger partial charge in [-0.3, -0.25) is 0 Å². The van der Waals surface area contributed by atoms with Gasteiger partial charge in [-0.1, -0.05) is 180 Å². The zero-order valence-electron chi connectivity index (χ0n) is 29.1. The van der Waals surface area contributed by atoms with Gasteiger partial charge >= 0.3 is 5.97 Å². The molecule has 0 heterocycles. The number of carbonyl (C=O) groups excluding carboxylic acids is 1. The third kappa shape index (κ3) is 13.6. The molecule has 0 aromatic carbocycles. The predicted molar refractivity (Wildman–Crippen MR) is 186 cm³/mol. The second-order valence-electron chi connectivity index (χ2n) is 15.4. The fraction of sp³-hybridized carbons (Fsp3) is 0.927. The highest BCUT2D eigenvalue weighted by molar-refractivity contribution is 5.87. The summed E-state index contributed by atoms with van der Waals surface area (Å²) in [6.45, 7) is 6.05. The van der Waals surface area contributed by atoms with Gasteiger partial charge in [0.1, 0.15) is 5.60 Å². The molecule has 0 spiro atoms. The van der Waals surface area contributed by atoms with Gasteiger partial charge in [0, 0.05) is 5.57 Å². The number of hydrogen-bond acceptors (Lipinski definition) is 2. The Hall–Kier alpha value is -0.790. The summed E-state index contributed by atoms with van der Waals surface area (Å²) in [5.74, 6) is 1.44. The largest absolute Gasteiger partial charge is 0.455 e. The van der Waals surface area contributed by atoms with E-state index >= 15 is 0 Å². The maximum absolute atomic E-state index is 13.9. The summed E-state index contributed by atoms with van der Waals surface area (Å²) in [6.07, 6.45) is 44.6. The molecule has 0 unspecified atom stereocenters. The second-order valence-corrected chi connectivity index (χ2v) is 15.4. The Balaban J connectivity index is 2.05. The van der Waals surface area contributed by atoms with Gasteiger partial charge in [-0.25, -0.2) is 4.79 Å². The lowest BCUT2D eigenvalue weighted by Gasteiger charge is -2.52. The minimum absolute atomic E-state index is 0.0802. The van der Waals surface area contributed by atoms with Crippen molar-refractivity contribution in [2.45, 2.75) is 224 Å². The molecule has 0 radical (unpaired) electrons. The Kier molecular flexibility index (Phi) is 19.3. The highest BCUT2D eigenvalue weighted by atomic mass is 16.6. The van der Waals surface area contributed by atoms with E-state index in [2.05, 4.69) is 6.58 Å². The van der Waals surface area contributed by atoms with E-state index in [9.17, 15) is 4.79 Å². The fourth-order valence-electron chi connectivity index (χ4n) is 9.34. The molecule has 3 aliphatic rings. The van der Waals surface area contributed by atoms with Crippen molar-refractivity contribution in [2.24, 2.45) is 17.8 Å². The lowest BCUT2D eigenvalue weighted by atomic mass is 9.60. The van der Waals surface area contributed by atoms with Crippen LogP contribution in [0.4, 0.5) is 0 Å². The zero-order valence-corrected chi connectivity index (χ0v) is 29.1. The van der Waals surface area contributed by atoms with Gasteiger partial charge in [-0.2, -0.15) is 0 Å². The average Bonchev–Trinajstić information content (AvgIpc) is 2.97. The van der Waals surface area contributed by atoms with E-state index in [-0.39, 0.29) is 11.6 Å². The van der Waals surface area contributed by atoms with Crippen molar-refractivity contribution in [2.75, 3.05) is 0 Å². The quantitative estimate of drug-likeness (QED) is 0.232. The van der Waals surface area contributed by atoms with Crippen molar-refractivity contribution in [1.82, 2.24) is 0 Å². The molecule has 3 rings (SSSR count). The van der Waals surface area contributed by atoms with Crippen molar-refractivity contribution in [3.63, 3.8) is 0 Å². The summed E-state index contributed by atoms with van der Waals surface area (Å²) >= 11 is 0. The van der Waals surface area contributed by atoms with Gasteiger partial charge in [-0.15, -0.1) is 0 Å². The highest BCUT2D eigenvalue weighted by Crippen LogP contribution is 2.51. The van der Waals surface area contributed by atoms with Crippen LogP contribution in [0.2, 0.25) is 0 Å². The summed E-state index contributed by atoms with van der Waals surface area (Å²) < 4.78 is 7.25. The Bertz CT molecular complexity index is 615. The molecule has 0 aromatic heterocycles. The second kappa shape index (κ2) is 22.7. The monoisotopic (exact) mass is 599 g/mol. The van der Waals surface area contributed by atoms with Crippen LogP contribution in [0.25, 0.3) is 0 Å². The van der Waals surface area contributed by atoms with E-state index in [0.29, 0.717) is 23.3 Å². The van der Waals surface area contributed by atoms with Crippen molar-refractivity contribution in [3.05, 3.63) is 12.2 Å². The van der Waals surface area contributed by atoms with E-state index in [1.807, 2.05) is 6.92 Å². The van der Waals surface area contributed by atoms with Crippen LogP contribution >= 0.6 is 0 Å². The molecule has 43 heavy (non-hydrogen) atoms. The summed E-state index contributed by atoms with van der Waals surface area (Å²) in [6, 6.07) is 0. The fourth-order valence-corrected chi connectivity index (χ4v) is 9.34. The molecule has 3 aliphatic carbocycles. The number of esters is 1. The Morgan fingerprint density at radius 2 is 0.605 bits per heavy atom. The maximum Gasteiger partial charge on any atom is 0.333 e. The van der Waals surface area contributed by atoms with Gasteiger partial charge in [-0.05, 0) is 63.2 Å². The van der Waals surface area contributed by atoms with E-state index in [1.54, 1.807) is 0 Å². The standard InChI is InChI=1S/C41H74O2/c1-36(2)40(42)43-41(37-30-24-18-12-6-3-7-13-19-25-31-37,38-32-26-20-14-8-4-9-15-21-27-33-38)39-34-28-22-16-10-5-11-17-23-29-35-39/h37-39H,1,3-35H2,2H3. The first-order valence-corrected chi connectivity index (χ1v) is 20.0. The van der Waals surface area contributed by atoms with Crippen LogP contribution in [0.1, 0.15) is 219 Å². The summed E-state index contributed by atoms with van der Waals surface area (Å²) in [5.41, 5.74) is 0.299. The van der Waals surface area contributed by atoms with Gasteiger partial charge in [0.25, 0.3) is 0 Å². The molecule has 0 amide bonds. The first-order valence-electron chi connectivity index (χ1n) is 20.0. The predicted octanol–water partition coefficient (Wildman–Crippen LogP) is 13.6. The first-order chi connectivity index (χ1) is 21.1. The van der Waals surface area contributed by atoms with Crippen LogP contribution < -0.4 is 0 Å². The third-order valence-electron chi connectivity index (χ3n) is 11.8. The first kappa shape index (κ1) is 36.7. The van der Waals surface area contributed by atoms with Crippen molar-refractivity contribution < 1.29 is 9.53 Å². The zero-order chi connectivity index (χ0) is 30.4. The molecule has 0 N–H and O–H groups in total. The summed E-state index contributed by atoms with van der Waals surface area (Å²) in [7, 11) is 0. The molecule has 0 bridgehead atoms. The Morgan fingerprint density at radius 1 is 0.419 bits per heavy atom. The van der Waals surface area contributed by atoms with E-state index in [4.69, 9.17) is 4.74 Å². The summed E-state index contributed by atoms with van der Waals surface area (Å²) in [5, 5.41) is 0. The SMILES string of the molecule is C=C(C)C(=O)OC(C1CCCCCCCCCCC1)(C1CCCCCCCCCCC1)C1CCCCCCCCCCC1. The third-order valence-corrected chi connectivity index (χ3v) is 11.8. The molecule has 3 fully saturated rings. The molecule has 0 aromatic rings. The van der Waals surface area contributed by atoms with Crippen molar-refractivity contribution in [3.8, 4) is 0 Å². The van der Waals surface area contributed by atoms with Gasteiger partial charge in [0.2, 0.25) is 0 Å². The molecular weight excluding hydrogens is 524 g/mol. The number of ether oxygens (including phenoxy) is 1. The van der Waals surface area contributed by atoms with Gasteiger partial charge in [0.15, 0.2) is 0 Å². The number of rotatable bonds is 5. The van der Waals surface area contributed by atoms with E-state index in [0.717, 1.165) is 0 Å². The lowest BCUT2D eigenvalue weighted by molar-refractivity contribution is -0.191. The van der Waals surface area contributed by atoms with Crippen LogP contribution in [-0.2, 0) is 9.53 Å². The molecule has 3 saturated carbocycles. The number of carbonyl (C=O) groups is 1. The van der Waals surface area contributed by atoms with Gasteiger partial charge in [0.05, 0.1) is 0 Å². The smallest absolute Gasteiger partial charge is 0.333 e. The average molecular weight is 599 g/mol. The highest BCUT2D eigenvalue weighted by Gasteiger charge is 2.52. The van der Waals surface area contributed by atoms with Crippen LogP contribution in [-0.4, -0.2) is 11.6 Å². The van der Waals surface area contributed by atoms with Crippen LogP contribution in [0.5, 0.6) is 0 Å². The minimum atomic E-state index is -0.311. The van der Waals surface area contributed by atoms with E-state index < -0.39 is 0 Å². The molecule has 250 valence electrons. The molecule has 2 nitrogen and oxygen atoms in total. The topological polar surface area (TPSA) is 26.3 Å². The molecule has 2 heteroatoms. The lowest BCUT2D eigenvalue weighted by Crippen LogP contribution is -2.55. The van der Waals surface area contributed by atoms with Crippen LogP contribution in [0.3, 0.4) is 0 Å². The van der Waals surface area contributed by atoms with Crippen molar-refractivity contribution in [1.29, 1.82) is 0 Å². The maximum atomic E-state index is 13.9. The van der Waals surface area contributed by atoms with E-state index in [1.165, 1.54) is 212 Å². The Labute approximate surface area is 269 Å². The molecule has 0 aliphatic heterocycles.